The Morgan fingerprint density at radius 1 is 0.733 bits per heavy atom. The number of halogens is 1. The Hall–Kier alpha value is 0.910. The van der Waals surface area contributed by atoms with Crippen molar-refractivity contribution in [3.05, 3.63) is 0 Å². The highest BCUT2D eigenvalue weighted by atomic mass is 79.9. The molecule has 0 aliphatic heterocycles. The van der Waals surface area contributed by atoms with E-state index in [1.165, 1.54) is 64.2 Å². The second-order valence-electron chi connectivity index (χ2n) is 5.61. The average Bonchev–Trinajstić information content (AvgIpc) is 2.31. The van der Waals surface area contributed by atoms with Crippen molar-refractivity contribution in [2.75, 3.05) is 6.66 Å². The summed E-state index contributed by atoms with van der Waals surface area (Å²) in [5, 5.41) is 0. The fraction of sp³-hybridized carbons (Fsp3) is 1.00. The van der Waals surface area contributed by atoms with Crippen LogP contribution in [0.25, 0.3) is 0 Å². The first-order valence-electron chi connectivity index (χ1n) is 6.77. The Morgan fingerprint density at radius 2 is 1.07 bits per heavy atom. The molecule has 2 heteroatoms. The van der Waals surface area contributed by atoms with Crippen molar-refractivity contribution >= 4 is 21.5 Å². The van der Waals surface area contributed by atoms with E-state index >= 15 is 0 Å². The summed E-state index contributed by atoms with van der Waals surface area (Å²) in [6, 6.07) is 0. The SMILES string of the molecule is C[P+](Br)(C1CCCCC1)C1CCCCC1. The van der Waals surface area contributed by atoms with Crippen molar-refractivity contribution in [3.8, 4) is 0 Å². The minimum Gasteiger partial charge on any atom is -0.0530 e. The van der Waals surface area contributed by atoms with Gasteiger partial charge in [-0.2, -0.15) is 0 Å². The molecule has 88 valence electrons. The molecule has 2 saturated carbocycles. The van der Waals surface area contributed by atoms with Crippen LogP contribution in [0.3, 0.4) is 0 Å². The second kappa shape index (κ2) is 5.50. The molecular weight excluding hydrogens is 267 g/mol. The van der Waals surface area contributed by atoms with E-state index in [9.17, 15) is 0 Å². The third-order valence-corrected chi connectivity index (χ3v) is 11.9. The Balaban J connectivity index is 1.96. The molecule has 2 aliphatic carbocycles. The van der Waals surface area contributed by atoms with E-state index in [0.29, 0.717) is 0 Å². The van der Waals surface area contributed by atoms with Gasteiger partial charge in [0.1, 0.15) is 15.5 Å². The average molecular weight is 292 g/mol. The maximum absolute atomic E-state index is 4.22. The first kappa shape index (κ1) is 12.4. The number of hydrogen-bond donors (Lipinski definition) is 0. The number of rotatable bonds is 2. The van der Waals surface area contributed by atoms with Gasteiger partial charge in [0.05, 0.1) is 23.9 Å². The van der Waals surface area contributed by atoms with Gasteiger partial charge in [0, 0.05) is 0 Å². The molecule has 0 aromatic rings. The molecule has 0 aromatic carbocycles. The molecule has 0 heterocycles. The monoisotopic (exact) mass is 291 g/mol. The van der Waals surface area contributed by atoms with Crippen LogP contribution in [0.2, 0.25) is 0 Å². The molecule has 15 heavy (non-hydrogen) atoms. The van der Waals surface area contributed by atoms with Crippen LogP contribution in [-0.4, -0.2) is 18.0 Å². The molecule has 0 spiro atoms. The quantitative estimate of drug-likeness (QED) is 0.580. The van der Waals surface area contributed by atoms with Crippen molar-refractivity contribution in [2.45, 2.75) is 75.5 Å². The van der Waals surface area contributed by atoms with Gasteiger partial charge < -0.3 is 0 Å². The smallest absolute Gasteiger partial charge is 0.0530 e. The summed E-state index contributed by atoms with van der Waals surface area (Å²) in [5.74, 6) is -0.781. The molecule has 2 fully saturated rings. The van der Waals surface area contributed by atoms with Crippen LogP contribution < -0.4 is 0 Å². The van der Waals surface area contributed by atoms with E-state index < -0.39 is 5.96 Å². The standard InChI is InChI=1S/C13H25BrP/c1-15(14,12-8-4-2-5-9-12)13-10-6-3-7-11-13/h12-13H,2-11H2,1H3/q+1. The molecule has 0 radical (unpaired) electrons. The fourth-order valence-electron chi connectivity index (χ4n) is 3.47. The molecule has 0 aromatic heterocycles. The normalized spacial score (nSPS) is 26.8. The highest BCUT2D eigenvalue weighted by Crippen LogP contribution is 2.75. The van der Waals surface area contributed by atoms with Gasteiger partial charge in [-0.3, -0.25) is 0 Å². The van der Waals surface area contributed by atoms with E-state index in [2.05, 4.69) is 22.2 Å². The van der Waals surface area contributed by atoms with Crippen LogP contribution in [0.1, 0.15) is 64.2 Å². The lowest BCUT2D eigenvalue weighted by Gasteiger charge is -2.36. The predicted molar refractivity (Wildman–Crippen MR) is 75.5 cm³/mol. The summed E-state index contributed by atoms with van der Waals surface area (Å²) in [6.07, 6.45) is 15.1. The summed E-state index contributed by atoms with van der Waals surface area (Å²) in [6.45, 7) is 2.60. The molecule has 2 rings (SSSR count). The zero-order valence-electron chi connectivity index (χ0n) is 10.1. The van der Waals surface area contributed by atoms with E-state index in [4.69, 9.17) is 0 Å². The summed E-state index contributed by atoms with van der Waals surface area (Å²) < 4.78 is 0. The summed E-state index contributed by atoms with van der Waals surface area (Å²) in [4.78, 5) is 0. The molecule has 0 N–H and O–H groups in total. The van der Waals surface area contributed by atoms with Crippen LogP contribution in [0, 0.1) is 0 Å². The highest BCUT2D eigenvalue weighted by molar-refractivity contribution is 9.42. The molecule has 0 bridgehead atoms. The maximum Gasteiger partial charge on any atom is 0.139 e. The van der Waals surface area contributed by atoms with E-state index in [1.807, 2.05) is 0 Å². The van der Waals surface area contributed by atoms with Crippen molar-refractivity contribution in [2.24, 2.45) is 0 Å². The Bertz CT molecular complexity index is 171. The Kier molecular flexibility index (Phi) is 4.53. The van der Waals surface area contributed by atoms with Gasteiger partial charge in [-0.15, -0.1) is 0 Å². The van der Waals surface area contributed by atoms with E-state index in [0.717, 1.165) is 11.3 Å². The predicted octanol–water partition coefficient (Wildman–Crippen LogP) is 5.61. The molecule has 2 aliphatic rings. The zero-order valence-corrected chi connectivity index (χ0v) is 12.5. The van der Waals surface area contributed by atoms with E-state index in [-0.39, 0.29) is 0 Å². The minimum atomic E-state index is -0.781. The fourth-order valence-corrected chi connectivity index (χ4v) is 9.27. The van der Waals surface area contributed by atoms with Crippen LogP contribution >= 0.6 is 21.5 Å². The van der Waals surface area contributed by atoms with Crippen LogP contribution in [0.15, 0.2) is 0 Å². The van der Waals surface area contributed by atoms with Gasteiger partial charge in [-0.25, -0.2) is 0 Å². The molecule has 0 unspecified atom stereocenters. The summed E-state index contributed by atoms with van der Waals surface area (Å²) in [7, 11) is 0. The first-order chi connectivity index (χ1) is 7.21. The summed E-state index contributed by atoms with van der Waals surface area (Å²) >= 11 is 4.22. The molecular formula is C13H25BrP+. The Morgan fingerprint density at radius 3 is 1.40 bits per heavy atom. The van der Waals surface area contributed by atoms with Crippen molar-refractivity contribution in [1.29, 1.82) is 0 Å². The molecule has 0 amide bonds. The van der Waals surface area contributed by atoms with Gasteiger partial charge in [-0.05, 0) is 51.4 Å². The van der Waals surface area contributed by atoms with Crippen LogP contribution in [-0.2, 0) is 0 Å². The van der Waals surface area contributed by atoms with Gasteiger partial charge in [0.15, 0.2) is 0 Å². The van der Waals surface area contributed by atoms with Gasteiger partial charge in [0.2, 0.25) is 0 Å². The Labute approximate surface area is 104 Å². The van der Waals surface area contributed by atoms with Gasteiger partial charge in [0.25, 0.3) is 0 Å². The largest absolute Gasteiger partial charge is 0.139 e. The molecule has 0 atom stereocenters. The topological polar surface area (TPSA) is 0 Å². The van der Waals surface area contributed by atoms with Crippen molar-refractivity contribution in [1.82, 2.24) is 0 Å². The maximum atomic E-state index is 4.22. The zero-order chi connectivity index (χ0) is 10.7. The lowest BCUT2D eigenvalue weighted by Crippen LogP contribution is -2.24. The highest BCUT2D eigenvalue weighted by Gasteiger charge is 2.46. The van der Waals surface area contributed by atoms with Crippen LogP contribution in [0.5, 0.6) is 0 Å². The minimum absolute atomic E-state index is 0.781. The molecule has 0 nitrogen and oxygen atoms in total. The molecule has 0 saturated heterocycles. The number of hydrogen-bond acceptors (Lipinski definition) is 0. The third kappa shape index (κ3) is 2.97. The van der Waals surface area contributed by atoms with Gasteiger partial charge >= 0.3 is 0 Å². The van der Waals surface area contributed by atoms with Gasteiger partial charge in [-0.1, -0.05) is 12.8 Å². The lowest BCUT2D eigenvalue weighted by molar-refractivity contribution is 0.484. The summed E-state index contributed by atoms with van der Waals surface area (Å²) in [5.41, 5.74) is 2.13. The first-order valence-corrected chi connectivity index (χ1v) is 11.2. The third-order valence-electron chi connectivity index (χ3n) is 4.58. The van der Waals surface area contributed by atoms with Crippen molar-refractivity contribution < 1.29 is 0 Å². The van der Waals surface area contributed by atoms with Crippen LogP contribution in [0.4, 0.5) is 0 Å². The lowest BCUT2D eigenvalue weighted by atomic mass is 9.99. The van der Waals surface area contributed by atoms with E-state index in [1.54, 1.807) is 0 Å². The second-order valence-corrected chi connectivity index (χ2v) is 13.7. The van der Waals surface area contributed by atoms with Crippen molar-refractivity contribution in [3.63, 3.8) is 0 Å².